The molecule has 3 aromatic rings. The summed E-state index contributed by atoms with van der Waals surface area (Å²) in [4.78, 5) is 37.1. The molecule has 0 aliphatic carbocycles. The van der Waals surface area contributed by atoms with Gasteiger partial charge in [0.15, 0.2) is 29.3 Å². The number of nitrogens with zero attached hydrogens (tertiary/aromatic N) is 4. The van der Waals surface area contributed by atoms with Crippen molar-refractivity contribution in [2.45, 2.75) is 31.5 Å². The SMILES string of the molecule is CCNC(=O)C1OC(n2cnc3c(NC(=O)c4ccccc4Cl)ncnc32)C(O)C1O. The molecule has 11 nitrogen and oxygen atoms in total. The molecule has 0 spiro atoms. The fourth-order valence-corrected chi connectivity index (χ4v) is 3.55. The molecule has 2 amide bonds. The summed E-state index contributed by atoms with van der Waals surface area (Å²) in [6.45, 7) is 2.08. The van der Waals surface area contributed by atoms with Gasteiger partial charge in [0.05, 0.1) is 16.9 Å². The predicted molar refractivity (Wildman–Crippen MR) is 109 cm³/mol. The Morgan fingerprint density at radius 3 is 2.71 bits per heavy atom. The Kier molecular flexibility index (Phi) is 5.83. The Labute approximate surface area is 181 Å². The number of amides is 2. The maximum absolute atomic E-state index is 12.6. The highest BCUT2D eigenvalue weighted by molar-refractivity contribution is 6.34. The summed E-state index contributed by atoms with van der Waals surface area (Å²) in [7, 11) is 0. The number of carbonyl (C=O) groups excluding carboxylic acids is 2. The smallest absolute Gasteiger partial charge is 0.258 e. The average Bonchev–Trinajstić information content (AvgIpc) is 3.30. The molecule has 4 rings (SSSR count). The lowest BCUT2D eigenvalue weighted by Crippen LogP contribution is -2.42. The third-order valence-corrected chi connectivity index (χ3v) is 5.16. The molecule has 1 aromatic carbocycles. The second kappa shape index (κ2) is 8.55. The van der Waals surface area contributed by atoms with Gasteiger partial charge in [-0.05, 0) is 19.1 Å². The molecule has 2 aromatic heterocycles. The molecule has 1 fully saturated rings. The van der Waals surface area contributed by atoms with Crippen LogP contribution in [0.15, 0.2) is 36.9 Å². The summed E-state index contributed by atoms with van der Waals surface area (Å²) < 4.78 is 6.97. The van der Waals surface area contributed by atoms with E-state index in [1.807, 2.05) is 0 Å². The van der Waals surface area contributed by atoms with Crippen LogP contribution < -0.4 is 10.6 Å². The Morgan fingerprint density at radius 2 is 1.97 bits per heavy atom. The number of rotatable bonds is 5. The molecule has 4 unspecified atom stereocenters. The summed E-state index contributed by atoms with van der Waals surface area (Å²) in [5.41, 5.74) is 0.727. The highest BCUT2D eigenvalue weighted by Crippen LogP contribution is 2.32. The molecule has 0 saturated carbocycles. The fourth-order valence-electron chi connectivity index (χ4n) is 3.33. The zero-order chi connectivity index (χ0) is 22.1. The number of likely N-dealkylation sites (N-methyl/N-ethyl adjacent to an activating group) is 1. The highest BCUT2D eigenvalue weighted by atomic mass is 35.5. The third kappa shape index (κ3) is 3.83. The molecule has 31 heavy (non-hydrogen) atoms. The fraction of sp³-hybridized carbons (Fsp3) is 0.316. The normalized spacial score (nSPS) is 23.1. The van der Waals surface area contributed by atoms with Crippen LogP contribution in [0.4, 0.5) is 5.82 Å². The van der Waals surface area contributed by atoms with Gasteiger partial charge in [-0.2, -0.15) is 0 Å². The van der Waals surface area contributed by atoms with Crippen molar-refractivity contribution in [2.75, 3.05) is 11.9 Å². The standard InChI is InChI=1S/C19H19ClN6O5/c1-2-21-18(30)14-12(27)13(28)19(31-14)26-8-24-11-15(22-7-23-16(11)26)25-17(29)9-5-3-4-6-10(9)20/h3-8,12-14,19,27-28H,2H2,1H3,(H,21,30)(H,22,23,25,29). The van der Waals surface area contributed by atoms with Crippen LogP contribution >= 0.6 is 11.6 Å². The van der Waals surface area contributed by atoms with Crippen molar-refractivity contribution in [3.63, 3.8) is 0 Å². The number of fused-ring (bicyclic) bond motifs is 1. The molecule has 0 bridgehead atoms. The molecular weight excluding hydrogens is 428 g/mol. The van der Waals surface area contributed by atoms with E-state index in [2.05, 4.69) is 25.6 Å². The minimum atomic E-state index is -1.43. The van der Waals surface area contributed by atoms with Gasteiger partial charge in [-0.25, -0.2) is 15.0 Å². The number of aromatic nitrogens is 4. The molecule has 4 N–H and O–H groups in total. The number of imidazole rings is 1. The minimum Gasteiger partial charge on any atom is -0.387 e. The summed E-state index contributed by atoms with van der Waals surface area (Å²) in [5.74, 6) is -0.894. The second-order valence-corrected chi connectivity index (χ2v) is 7.21. The number of carbonyl (C=O) groups is 2. The number of benzene rings is 1. The van der Waals surface area contributed by atoms with Gasteiger partial charge in [-0.1, -0.05) is 23.7 Å². The summed E-state index contributed by atoms with van der Waals surface area (Å²) in [5, 5.41) is 26.2. The number of hydrogen-bond donors (Lipinski definition) is 4. The van der Waals surface area contributed by atoms with Gasteiger partial charge in [-0.3, -0.25) is 14.2 Å². The van der Waals surface area contributed by atoms with Crippen molar-refractivity contribution >= 4 is 40.4 Å². The number of ether oxygens (including phenoxy) is 1. The van der Waals surface area contributed by atoms with Crippen LogP contribution in [0.3, 0.4) is 0 Å². The van der Waals surface area contributed by atoms with Crippen LogP contribution in [0, 0.1) is 0 Å². The monoisotopic (exact) mass is 446 g/mol. The van der Waals surface area contributed by atoms with Crippen molar-refractivity contribution in [3.05, 3.63) is 47.5 Å². The first-order chi connectivity index (χ1) is 14.9. The molecule has 0 radical (unpaired) electrons. The number of aliphatic hydroxyl groups is 2. The van der Waals surface area contributed by atoms with Crippen LogP contribution in [0.1, 0.15) is 23.5 Å². The molecule has 1 saturated heterocycles. The Hall–Kier alpha value is -3.12. The van der Waals surface area contributed by atoms with Gasteiger partial charge in [0.25, 0.3) is 11.8 Å². The maximum atomic E-state index is 12.6. The van der Waals surface area contributed by atoms with E-state index in [1.165, 1.54) is 17.2 Å². The van der Waals surface area contributed by atoms with Crippen molar-refractivity contribution in [1.82, 2.24) is 24.8 Å². The van der Waals surface area contributed by atoms with E-state index >= 15 is 0 Å². The number of nitrogens with one attached hydrogen (secondary N) is 2. The van der Waals surface area contributed by atoms with E-state index in [0.717, 1.165) is 0 Å². The first kappa shape index (κ1) is 21.1. The van der Waals surface area contributed by atoms with Gasteiger partial charge in [0.1, 0.15) is 18.5 Å². The van der Waals surface area contributed by atoms with Crippen LogP contribution in [-0.4, -0.2) is 66.4 Å². The van der Waals surface area contributed by atoms with Crippen molar-refractivity contribution < 1.29 is 24.5 Å². The van der Waals surface area contributed by atoms with E-state index < -0.39 is 36.4 Å². The predicted octanol–water partition coefficient (Wildman–Crippen LogP) is 0.487. The zero-order valence-electron chi connectivity index (χ0n) is 16.3. The molecule has 162 valence electrons. The van der Waals surface area contributed by atoms with Crippen LogP contribution in [-0.2, 0) is 9.53 Å². The molecule has 3 heterocycles. The number of halogens is 1. The maximum Gasteiger partial charge on any atom is 0.258 e. The quantitative estimate of drug-likeness (QED) is 0.442. The van der Waals surface area contributed by atoms with Crippen LogP contribution in [0.25, 0.3) is 11.2 Å². The molecule has 1 aliphatic rings. The van der Waals surface area contributed by atoms with Gasteiger partial charge in [0.2, 0.25) is 0 Å². The van der Waals surface area contributed by atoms with Gasteiger partial charge < -0.3 is 25.6 Å². The number of aliphatic hydroxyl groups excluding tert-OH is 2. The lowest BCUT2D eigenvalue weighted by molar-refractivity contribution is -0.137. The van der Waals surface area contributed by atoms with Gasteiger partial charge in [-0.15, -0.1) is 0 Å². The zero-order valence-corrected chi connectivity index (χ0v) is 17.0. The second-order valence-electron chi connectivity index (χ2n) is 6.80. The summed E-state index contributed by atoms with van der Waals surface area (Å²) >= 11 is 6.07. The topological polar surface area (TPSA) is 151 Å². The first-order valence-corrected chi connectivity index (χ1v) is 9.83. The van der Waals surface area contributed by atoms with E-state index in [1.54, 1.807) is 31.2 Å². The highest BCUT2D eigenvalue weighted by Gasteiger charge is 2.47. The number of anilines is 1. The van der Waals surface area contributed by atoms with E-state index in [4.69, 9.17) is 16.3 Å². The lowest BCUT2D eigenvalue weighted by Gasteiger charge is -2.16. The Bertz CT molecular complexity index is 1140. The van der Waals surface area contributed by atoms with Gasteiger partial charge >= 0.3 is 0 Å². The van der Waals surface area contributed by atoms with Crippen LogP contribution in [0.5, 0.6) is 0 Å². The van der Waals surface area contributed by atoms with Crippen molar-refractivity contribution in [1.29, 1.82) is 0 Å². The lowest BCUT2D eigenvalue weighted by atomic mass is 10.1. The summed E-state index contributed by atoms with van der Waals surface area (Å²) in [6, 6.07) is 6.55. The van der Waals surface area contributed by atoms with Crippen molar-refractivity contribution in [3.8, 4) is 0 Å². The Balaban J connectivity index is 1.63. The van der Waals surface area contributed by atoms with Gasteiger partial charge in [0, 0.05) is 6.54 Å². The Morgan fingerprint density at radius 1 is 1.19 bits per heavy atom. The molecule has 4 atom stereocenters. The average molecular weight is 447 g/mol. The third-order valence-electron chi connectivity index (χ3n) is 4.83. The van der Waals surface area contributed by atoms with Crippen LogP contribution in [0.2, 0.25) is 5.02 Å². The van der Waals surface area contributed by atoms with Crippen molar-refractivity contribution in [2.24, 2.45) is 0 Å². The molecule has 12 heteroatoms. The van der Waals surface area contributed by atoms with E-state index in [0.29, 0.717) is 6.54 Å². The molecular formula is C19H19ClN6O5. The van der Waals surface area contributed by atoms with E-state index in [-0.39, 0.29) is 27.6 Å². The number of hydrogen-bond acceptors (Lipinski definition) is 8. The summed E-state index contributed by atoms with van der Waals surface area (Å²) in [6.07, 6.45) is -2.67. The minimum absolute atomic E-state index is 0.127. The molecule has 1 aliphatic heterocycles. The first-order valence-electron chi connectivity index (χ1n) is 9.45. The largest absolute Gasteiger partial charge is 0.387 e. The van der Waals surface area contributed by atoms with E-state index in [9.17, 15) is 19.8 Å².